The molecule has 0 spiro atoms. The summed E-state index contributed by atoms with van der Waals surface area (Å²) >= 11 is 6.21. The highest BCUT2D eigenvalue weighted by Gasteiger charge is 2.20. The molecule has 0 amide bonds. The zero-order valence-corrected chi connectivity index (χ0v) is 13.9. The number of nitrogens with one attached hydrogen (secondary N) is 1. The van der Waals surface area contributed by atoms with Crippen molar-refractivity contribution in [1.29, 1.82) is 0 Å². The van der Waals surface area contributed by atoms with Crippen molar-refractivity contribution in [2.75, 3.05) is 18.4 Å². The van der Waals surface area contributed by atoms with Gasteiger partial charge < -0.3 is 10.4 Å². The van der Waals surface area contributed by atoms with Crippen molar-refractivity contribution in [3.05, 3.63) is 52.8 Å². The van der Waals surface area contributed by atoms with Crippen LogP contribution < -0.4 is 5.32 Å². The van der Waals surface area contributed by atoms with E-state index in [1.54, 1.807) is 30.6 Å². The highest BCUT2D eigenvalue weighted by molar-refractivity contribution is 6.31. The number of halogens is 1. The Morgan fingerprint density at radius 2 is 2.00 bits per heavy atom. The third-order valence-corrected chi connectivity index (χ3v) is 4.53. The number of benzene rings is 1. The SMILES string of the molecule is O=C(O)c1ccc(CN2CCC(Nc3ncccn3)CC2)c(Cl)c1. The molecule has 2 N–H and O–H groups in total. The van der Waals surface area contributed by atoms with Gasteiger partial charge in [0.15, 0.2) is 0 Å². The lowest BCUT2D eigenvalue weighted by Crippen LogP contribution is -2.39. The molecule has 1 aliphatic heterocycles. The maximum absolute atomic E-state index is 11.0. The average molecular weight is 347 g/mol. The van der Waals surface area contributed by atoms with Crippen LogP contribution in [-0.4, -0.2) is 45.1 Å². The molecular formula is C17H19ClN4O2. The van der Waals surface area contributed by atoms with Crippen LogP contribution >= 0.6 is 11.6 Å². The molecule has 126 valence electrons. The molecule has 0 unspecified atom stereocenters. The van der Waals surface area contributed by atoms with Crippen molar-refractivity contribution >= 4 is 23.5 Å². The van der Waals surface area contributed by atoms with E-state index in [2.05, 4.69) is 20.2 Å². The minimum Gasteiger partial charge on any atom is -0.478 e. The quantitative estimate of drug-likeness (QED) is 0.866. The van der Waals surface area contributed by atoms with Gasteiger partial charge >= 0.3 is 5.97 Å². The van der Waals surface area contributed by atoms with Crippen molar-refractivity contribution in [1.82, 2.24) is 14.9 Å². The fraction of sp³-hybridized carbons (Fsp3) is 0.353. The van der Waals surface area contributed by atoms with E-state index in [-0.39, 0.29) is 5.56 Å². The molecule has 0 radical (unpaired) electrons. The van der Waals surface area contributed by atoms with Gasteiger partial charge in [-0.2, -0.15) is 0 Å². The molecular weight excluding hydrogens is 328 g/mol. The second-order valence-corrected chi connectivity index (χ2v) is 6.29. The summed E-state index contributed by atoms with van der Waals surface area (Å²) in [6.45, 7) is 2.62. The summed E-state index contributed by atoms with van der Waals surface area (Å²) in [5, 5.41) is 12.8. The Kier molecular flexibility index (Phi) is 5.27. The molecule has 0 atom stereocenters. The summed E-state index contributed by atoms with van der Waals surface area (Å²) < 4.78 is 0. The zero-order valence-electron chi connectivity index (χ0n) is 13.2. The smallest absolute Gasteiger partial charge is 0.335 e. The second-order valence-electron chi connectivity index (χ2n) is 5.88. The standard InChI is InChI=1S/C17H19ClN4O2/c18-15-10-12(16(23)24)2-3-13(15)11-22-8-4-14(5-9-22)21-17-19-6-1-7-20-17/h1-3,6-7,10,14H,4-5,8-9,11H2,(H,23,24)(H,19,20,21). The molecule has 1 fully saturated rings. The first-order valence-corrected chi connectivity index (χ1v) is 8.27. The van der Waals surface area contributed by atoms with Crippen LogP contribution in [0.4, 0.5) is 5.95 Å². The first kappa shape index (κ1) is 16.7. The van der Waals surface area contributed by atoms with E-state index in [1.165, 1.54) is 6.07 Å². The fourth-order valence-electron chi connectivity index (χ4n) is 2.84. The van der Waals surface area contributed by atoms with Crippen molar-refractivity contribution in [2.45, 2.75) is 25.4 Å². The van der Waals surface area contributed by atoms with Crippen LogP contribution in [0.25, 0.3) is 0 Å². The number of aromatic carboxylic acids is 1. The third-order valence-electron chi connectivity index (χ3n) is 4.18. The molecule has 0 aliphatic carbocycles. The van der Waals surface area contributed by atoms with E-state index >= 15 is 0 Å². The molecule has 0 bridgehead atoms. The van der Waals surface area contributed by atoms with Crippen LogP contribution in [0.15, 0.2) is 36.7 Å². The van der Waals surface area contributed by atoms with Crippen LogP contribution in [0.1, 0.15) is 28.8 Å². The molecule has 2 aromatic rings. The van der Waals surface area contributed by atoms with E-state index < -0.39 is 5.97 Å². The Bertz CT molecular complexity index is 703. The Hall–Kier alpha value is -2.18. The number of likely N-dealkylation sites (tertiary alicyclic amines) is 1. The van der Waals surface area contributed by atoms with Crippen molar-refractivity contribution in [3.63, 3.8) is 0 Å². The Balaban J connectivity index is 1.53. The number of aromatic nitrogens is 2. The van der Waals surface area contributed by atoms with Crippen molar-refractivity contribution in [2.24, 2.45) is 0 Å². The number of hydrogen-bond donors (Lipinski definition) is 2. The predicted octanol–water partition coefficient (Wildman–Crippen LogP) is 2.90. The van der Waals surface area contributed by atoms with Crippen molar-refractivity contribution < 1.29 is 9.90 Å². The highest BCUT2D eigenvalue weighted by Crippen LogP contribution is 2.22. The summed E-state index contributed by atoms with van der Waals surface area (Å²) in [6, 6.07) is 7.08. The first-order chi connectivity index (χ1) is 11.6. The predicted molar refractivity (Wildman–Crippen MR) is 92.4 cm³/mol. The summed E-state index contributed by atoms with van der Waals surface area (Å²) in [5.74, 6) is -0.290. The molecule has 3 rings (SSSR count). The van der Waals surface area contributed by atoms with Gasteiger partial charge in [0.2, 0.25) is 5.95 Å². The van der Waals surface area contributed by atoms with Gasteiger partial charge in [-0.25, -0.2) is 14.8 Å². The molecule has 0 saturated carbocycles. The van der Waals surface area contributed by atoms with Crippen LogP contribution in [0.2, 0.25) is 5.02 Å². The molecule has 2 heterocycles. The summed E-state index contributed by atoms with van der Waals surface area (Å²) in [7, 11) is 0. The normalized spacial score (nSPS) is 16.0. The topological polar surface area (TPSA) is 78.4 Å². The average Bonchev–Trinajstić information content (AvgIpc) is 2.59. The fourth-order valence-corrected chi connectivity index (χ4v) is 3.08. The van der Waals surface area contributed by atoms with Crippen molar-refractivity contribution in [3.8, 4) is 0 Å². The monoisotopic (exact) mass is 346 g/mol. The lowest BCUT2D eigenvalue weighted by atomic mass is 10.0. The van der Waals surface area contributed by atoms with Gasteiger partial charge in [-0.15, -0.1) is 0 Å². The number of carboxylic acids is 1. The Labute approximate surface area is 145 Å². The molecule has 1 aromatic carbocycles. The first-order valence-electron chi connectivity index (χ1n) is 7.89. The summed E-state index contributed by atoms with van der Waals surface area (Å²) in [6.07, 6.45) is 5.46. The van der Waals surface area contributed by atoms with E-state index in [1.807, 2.05) is 0 Å². The maximum Gasteiger partial charge on any atom is 0.335 e. The number of rotatable bonds is 5. The lowest BCUT2D eigenvalue weighted by Gasteiger charge is -2.32. The molecule has 6 nitrogen and oxygen atoms in total. The van der Waals surface area contributed by atoms with Gasteiger partial charge in [0, 0.05) is 43.1 Å². The number of hydrogen-bond acceptors (Lipinski definition) is 5. The number of nitrogens with zero attached hydrogens (tertiary/aromatic N) is 3. The molecule has 1 saturated heterocycles. The zero-order chi connectivity index (χ0) is 16.9. The van der Waals surface area contributed by atoms with E-state index in [4.69, 9.17) is 16.7 Å². The molecule has 24 heavy (non-hydrogen) atoms. The highest BCUT2D eigenvalue weighted by atomic mass is 35.5. The van der Waals surface area contributed by atoms with Crippen LogP contribution in [0.3, 0.4) is 0 Å². The van der Waals surface area contributed by atoms with Gasteiger partial charge in [0.1, 0.15) is 0 Å². The lowest BCUT2D eigenvalue weighted by molar-refractivity contribution is 0.0697. The number of piperidine rings is 1. The van der Waals surface area contributed by atoms with Gasteiger partial charge in [-0.05, 0) is 36.6 Å². The Morgan fingerprint density at radius 1 is 1.29 bits per heavy atom. The molecule has 1 aliphatic rings. The minimum atomic E-state index is -0.960. The van der Waals surface area contributed by atoms with Crippen LogP contribution in [0, 0.1) is 0 Å². The number of anilines is 1. The van der Waals surface area contributed by atoms with Gasteiger partial charge in [0.05, 0.1) is 5.56 Å². The molecule has 1 aromatic heterocycles. The second kappa shape index (κ2) is 7.59. The van der Waals surface area contributed by atoms with E-state index in [9.17, 15) is 4.79 Å². The molecule has 7 heteroatoms. The largest absolute Gasteiger partial charge is 0.478 e. The van der Waals surface area contributed by atoms with Gasteiger partial charge in [0.25, 0.3) is 0 Å². The number of carboxylic acid groups (broad SMARTS) is 1. The number of carbonyl (C=O) groups is 1. The Morgan fingerprint density at radius 3 is 2.62 bits per heavy atom. The maximum atomic E-state index is 11.0. The van der Waals surface area contributed by atoms with Crippen LogP contribution in [0.5, 0.6) is 0 Å². The van der Waals surface area contributed by atoms with E-state index in [0.717, 1.165) is 38.0 Å². The summed E-state index contributed by atoms with van der Waals surface area (Å²) in [5.41, 5.74) is 1.17. The van der Waals surface area contributed by atoms with E-state index in [0.29, 0.717) is 17.0 Å². The third kappa shape index (κ3) is 4.21. The minimum absolute atomic E-state index is 0.217. The van der Waals surface area contributed by atoms with Gasteiger partial charge in [-0.3, -0.25) is 4.90 Å². The summed E-state index contributed by atoms with van der Waals surface area (Å²) in [4.78, 5) is 21.7. The van der Waals surface area contributed by atoms with Crippen LogP contribution in [-0.2, 0) is 6.54 Å². The van der Waals surface area contributed by atoms with Gasteiger partial charge in [-0.1, -0.05) is 17.7 Å².